The minimum atomic E-state index is -3.05. The van der Waals surface area contributed by atoms with Gasteiger partial charge in [-0.2, -0.15) is 0 Å². The summed E-state index contributed by atoms with van der Waals surface area (Å²) in [4.78, 5) is 9.18. The Kier molecular flexibility index (Phi) is 9.10. The van der Waals surface area contributed by atoms with Crippen LogP contribution >= 0.6 is 35.6 Å². The lowest BCUT2D eigenvalue weighted by Gasteiger charge is -2.38. The first kappa shape index (κ1) is 23.5. The Hall–Kier alpha value is -0.780. The number of hydrogen-bond acceptors (Lipinski definition) is 4. The van der Waals surface area contributed by atoms with E-state index in [-0.39, 0.29) is 29.7 Å². The number of nitrogens with one attached hydrogen (secondary N) is 1. The van der Waals surface area contributed by atoms with Gasteiger partial charge in [0.15, 0.2) is 5.96 Å². The summed E-state index contributed by atoms with van der Waals surface area (Å²) in [5.74, 6) is 1.12. The maximum Gasteiger partial charge on any atom is 0.214 e. The van der Waals surface area contributed by atoms with Crippen LogP contribution in [0.2, 0.25) is 5.02 Å². The molecule has 1 N–H and O–H groups in total. The summed E-state index contributed by atoms with van der Waals surface area (Å²) >= 11 is 6.31. The van der Waals surface area contributed by atoms with E-state index >= 15 is 0 Å². The normalized spacial score (nSPS) is 20.1. The zero-order valence-electron chi connectivity index (χ0n) is 16.2. The van der Waals surface area contributed by atoms with E-state index in [1.807, 2.05) is 31.2 Å². The third kappa shape index (κ3) is 5.87. The van der Waals surface area contributed by atoms with E-state index in [9.17, 15) is 8.42 Å². The second-order valence-electron chi connectivity index (χ2n) is 6.73. The van der Waals surface area contributed by atoms with Gasteiger partial charge in [0.2, 0.25) is 10.0 Å². The van der Waals surface area contributed by atoms with Crippen molar-refractivity contribution in [3.8, 4) is 0 Å². The molecule has 2 heterocycles. The molecule has 0 unspecified atom stereocenters. The largest absolute Gasteiger partial charge is 0.367 e. The molecule has 28 heavy (non-hydrogen) atoms. The number of hydrogen-bond donors (Lipinski definition) is 1. The zero-order chi connectivity index (χ0) is 19.3. The maximum absolute atomic E-state index is 11.9. The third-order valence-corrected chi connectivity index (χ3v) is 7.20. The van der Waals surface area contributed by atoms with Gasteiger partial charge in [-0.15, -0.1) is 24.0 Å². The molecule has 0 amide bonds. The first-order valence-corrected chi connectivity index (χ1v) is 11.5. The van der Waals surface area contributed by atoms with E-state index < -0.39 is 10.0 Å². The van der Waals surface area contributed by atoms with Gasteiger partial charge in [0.1, 0.15) is 0 Å². The van der Waals surface area contributed by atoms with Crippen LogP contribution in [0.15, 0.2) is 29.3 Å². The maximum atomic E-state index is 11.9. The second-order valence-corrected chi connectivity index (χ2v) is 9.23. The average molecular weight is 542 g/mol. The molecule has 2 aliphatic heterocycles. The Morgan fingerprint density at radius 1 is 1.18 bits per heavy atom. The molecule has 7 nitrogen and oxygen atoms in total. The fourth-order valence-corrected chi connectivity index (χ4v) is 5.28. The van der Waals surface area contributed by atoms with Crippen LogP contribution < -0.4 is 10.2 Å². The fraction of sp³-hybridized carbons (Fsp3) is 0.611. The molecular formula is C18H29ClIN5O2S. The Labute approximate surface area is 190 Å². The zero-order valence-corrected chi connectivity index (χ0v) is 20.1. The highest BCUT2D eigenvalue weighted by atomic mass is 127. The van der Waals surface area contributed by atoms with E-state index in [4.69, 9.17) is 11.6 Å². The predicted octanol–water partition coefficient (Wildman–Crippen LogP) is 2.08. The topological polar surface area (TPSA) is 68.2 Å². The van der Waals surface area contributed by atoms with E-state index in [0.29, 0.717) is 19.6 Å². The molecule has 3 rings (SSSR count). The standard InChI is InChI=1S/C18H28ClN5O2S.HI/c1-2-20-18(21-8-10-24-9-5-15-27(24,25)26)23-13-11-22(12-14-23)17-7-4-3-6-16(17)19;/h3-4,6-7H,2,5,8-15H2,1H3,(H,20,21);1H. The number of aliphatic imine (C=N–C) groups is 1. The number of para-hydroxylation sites is 1. The molecule has 0 radical (unpaired) electrons. The summed E-state index contributed by atoms with van der Waals surface area (Å²) in [5.41, 5.74) is 1.07. The number of nitrogens with zero attached hydrogens (tertiary/aromatic N) is 4. The van der Waals surface area contributed by atoms with Crippen molar-refractivity contribution >= 4 is 57.2 Å². The van der Waals surface area contributed by atoms with Crippen LogP contribution in [0.3, 0.4) is 0 Å². The fourth-order valence-electron chi connectivity index (χ4n) is 3.50. The number of anilines is 1. The van der Waals surface area contributed by atoms with E-state index in [1.54, 1.807) is 4.31 Å². The molecule has 0 aliphatic carbocycles. The Balaban J connectivity index is 0.00000280. The summed E-state index contributed by atoms with van der Waals surface area (Å²) in [6, 6.07) is 7.92. The van der Waals surface area contributed by atoms with Crippen molar-refractivity contribution < 1.29 is 8.42 Å². The summed E-state index contributed by atoms with van der Waals surface area (Å²) in [5, 5.41) is 4.10. The lowest BCUT2D eigenvalue weighted by molar-refractivity contribution is 0.371. The van der Waals surface area contributed by atoms with Crippen LogP contribution in [0, 0.1) is 0 Å². The van der Waals surface area contributed by atoms with Crippen LogP contribution in [0.1, 0.15) is 13.3 Å². The van der Waals surface area contributed by atoms with E-state index in [1.165, 1.54) is 0 Å². The molecule has 10 heteroatoms. The van der Waals surface area contributed by atoms with Gasteiger partial charge in [-0.05, 0) is 25.5 Å². The molecule has 0 aromatic heterocycles. The van der Waals surface area contributed by atoms with Crippen LogP contribution in [0.5, 0.6) is 0 Å². The number of piperazine rings is 1. The first-order valence-electron chi connectivity index (χ1n) is 9.52. The van der Waals surface area contributed by atoms with Gasteiger partial charge in [0, 0.05) is 45.8 Å². The third-order valence-electron chi connectivity index (χ3n) is 4.92. The number of rotatable bonds is 5. The molecule has 2 fully saturated rings. The van der Waals surface area contributed by atoms with Crippen LogP contribution in [-0.4, -0.2) is 81.7 Å². The van der Waals surface area contributed by atoms with Gasteiger partial charge < -0.3 is 15.1 Å². The highest BCUT2D eigenvalue weighted by Crippen LogP contribution is 2.26. The number of sulfonamides is 1. The molecule has 158 valence electrons. The predicted molar refractivity (Wildman–Crippen MR) is 127 cm³/mol. The summed E-state index contributed by atoms with van der Waals surface area (Å²) in [6.45, 7) is 7.81. The average Bonchev–Trinajstić information content (AvgIpc) is 3.00. The summed E-state index contributed by atoms with van der Waals surface area (Å²) in [7, 11) is -3.05. The smallest absolute Gasteiger partial charge is 0.214 e. The monoisotopic (exact) mass is 541 g/mol. The van der Waals surface area contributed by atoms with Crippen molar-refractivity contribution in [3.05, 3.63) is 29.3 Å². The van der Waals surface area contributed by atoms with Gasteiger partial charge >= 0.3 is 0 Å². The van der Waals surface area contributed by atoms with Crippen LogP contribution in [0.4, 0.5) is 5.69 Å². The van der Waals surface area contributed by atoms with Crippen LogP contribution in [-0.2, 0) is 10.0 Å². The Bertz CT molecular complexity index is 769. The Morgan fingerprint density at radius 2 is 1.89 bits per heavy atom. The summed E-state index contributed by atoms with van der Waals surface area (Å²) < 4.78 is 25.3. The first-order chi connectivity index (χ1) is 13.0. The molecule has 1 aromatic carbocycles. The minimum Gasteiger partial charge on any atom is -0.367 e. The van der Waals surface area contributed by atoms with Gasteiger partial charge in [-0.3, -0.25) is 4.99 Å². The molecule has 0 saturated carbocycles. The molecule has 2 saturated heterocycles. The van der Waals surface area contributed by atoms with Gasteiger partial charge in [-0.25, -0.2) is 12.7 Å². The van der Waals surface area contributed by atoms with Crippen molar-refractivity contribution in [2.75, 3.05) is 63.0 Å². The number of halogens is 2. The van der Waals surface area contributed by atoms with Crippen molar-refractivity contribution in [2.24, 2.45) is 4.99 Å². The van der Waals surface area contributed by atoms with Crippen molar-refractivity contribution in [1.82, 2.24) is 14.5 Å². The lowest BCUT2D eigenvalue weighted by atomic mass is 10.2. The molecule has 1 aromatic rings. The quantitative estimate of drug-likeness (QED) is 0.351. The van der Waals surface area contributed by atoms with Crippen molar-refractivity contribution in [3.63, 3.8) is 0 Å². The molecule has 0 atom stereocenters. The molecule has 0 spiro atoms. The minimum absolute atomic E-state index is 0. The Morgan fingerprint density at radius 3 is 2.50 bits per heavy atom. The van der Waals surface area contributed by atoms with Crippen molar-refractivity contribution in [2.45, 2.75) is 13.3 Å². The molecular weight excluding hydrogens is 513 g/mol. The highest BCUT2D eigenvalue weighted by Gasteiger charge is 2.27. The summed E-state index contributed by atoms with van der Waals surface area (Å²) in [6.07, 6.45) is 0.718. The van der Waals surface area contributed by atoms with E-state index in [2.05, 4.69) is 20.1 Å². The van der Waals surface area contributed by atoms with Crippen molar-refractivity contribution in [1.29, 1.82) is 0 Å². The number of guanidine groups is 1. The van der Waals surface area contributed by atoms with Gasteiger partial charge in [0.25, 0.3) is 0 Å². The van der Waals surface area contributed by atoms with Gasteiger partial charge in [0.05, 0.1) is 23.0 Å². The SMILES string of the molecule is CCNC(=NCCN1CCCS1(=O)=O)N1CCN(c2ccccc2Cl)CC1.I. The van der Waals surface area contributed by atoms with Crippen LogP contribution in [0.25, 0.3) is 0 Å². The lowest BCUT2D eigenvalue weighted by Crippen LogP contribution is -2.52. The molecule has 0 bridgehead atoms. The molecule has 2 aliphatic rings. The van der Waals surface area contributed by atoms with Gasteiger partial charge in [-0.1, -0.05) is 23.7 Å². The van der Waals surface area contributed by atoms with E-state index in [0.717, 1.165) is 55.8 Å². The second kappa shape index (κ2) is 10.8. The number of benzene rings is 1. The highest BCUT2D eigenvalue weighted by molar-refractivity contribution is 14.0.